The van der Waals surface area contributed by atoms with Gasteiger partial charge in [-0.15, -0.1) is 0 Å². The molecule has 94 valence electrons. The molecule has 0 fully saturated rings. The Kier molecular flexibility index (Phi) is 5.49. The molecular formula is C14H19ClO2. The van der Waals surface area contributed by atoms with Crippen molar-refractivity contribution in [1.82, 2.24) is 0 Å². The third kappa shape index (κ3) is 4.78. The summed E-state index contributed by atoms with van der Waals surface area (Å²) in [5, 5.41) is 0.800. The van der Waals surface area contributed by atoms with Crippen molar-refractivity contribution in [2.45, 2.75) is 40.0 Å². The van der Waals surface area contributed by atoms with Gasteiger partial charge in [-0.25, -0.2) is 0 Å². The number of benzene rings is 1. The Labute approximate surface area is 108 Å². The Hall–Kier alpha value is -1.02. The highest BCUT2D eigenvalue weighted by atomic mass is 35.5. The zero-order chi connectivity index (χ0) is 12.8. The largest absolute Gasteiger partial charge is 0.494 e. The molecule has 0 aliphatic rings. The van der Waals surface area contributed by atoms with E-state index in [1.54, 1.807) is 6.92 Å². The molecule has 0 amide bonds. The molecule has 0 heterocycles. The van der Waals surface area contributed by atoms with Crippen LogP contribution in [0.25, 0.3) is 0 Å². The summed E-state index contributed by atoms with van der Waals surface area (Å²) >= 11 is 6.08. The summed E-state index contributed by atoms with van der Waals surface area (Å²) in [7, 11) is 0. The van der Waals surface area contributed by atoms with Gasteiger partial charge < -0.3 is 9.53 Å². The Bertz CT molecular complexity index is 376. The molecule has 0 spiro atoms. The normalized spacial score (nSPS) is 10.4. The SMILES string of the molecule is CC(=O)CCCCOc1cc(C)c(Cl)c(C)c1. The average molecular weight is 255 g/mol. The van der Waals surface area contributed by atoms with Crippen LogP contribution in [0.2, 0.25) is 5.02 Å². The molecule has 0 radical (unpaired) electrons. The van der Waals surface area contributed by atoms with Gasteiger partial charge in [0.05, 0.1) is 6.61 Å². The zero-order valence-electron chi connectivity index (χ0n) is 10.7. The van der Waals surface area contributed by atoms with E-state index in [0.717, 1.165) is 34.7 Å². The van der Waals surface area contributed by atoms with E-state index in [1.165, 1.54) is 0 Å². The Morgan fingerprint density at radius 2 is 1.82 bits per heavy atom. The minimum Gasteiger partial charge on any atom is -0.494 e. The molecule has 1 aromatic rings. The molecule has 0 saturated carbocycles. The number of ether oxygens (including phenoxy) is 1. The van der Waals surface area contributed by atoms with E-state index >= 15 is 0 Å². The van der Waals surface area contributed by atoms with Crippen molar-refractivity contribution >= 4 is 17.4 Å². The summed E-state index contributed by atoms with van der Waals surface area (Å²) in [4.78, 5) is 10.7. The molecule has 0 aliphatic carbocycles. The van der Waals surface area contributed by atoms with Crippen molar-refractivity contribution < 1.29 is 9.53 Å². The van der Waals surface area contributed by atoms with Gasteiger partial charge in [-0.05, 0) is 56.9 Å². The van der Waals surface area contributed by atoms with E-state index in [-0.39, 0.29) is 5.78 Å². The highest BCUT2D eigenvalue weighted by Crippen LogP contribution is 2.25. The van der Waals surface area contributed by atoms with Crippen LogP contribution in [0.4, 0.5) is 0 Å². The fourth-order valence-electron chi connectivity index (χ4n) is 1.66. The summed E-state index contributed by atoms with van der Waals surface area (Å²) in [6, 6.07) is 3.89. The van der Waals surface area contributed by atoms with Gasteiger partial charge in [0.1, 0.15) is 11.5 Å². The third-order valence-electron chi connectivity index (χ3n) is 2.60. The minimum absolute atomic E-state index is 0.239. The topological polar surface area (TPSA) is 26.3 Å². The predicted octanol–water partition coefficient (Wildman–Crippen LogP) is 4.09. The van der Waals surface area contributed by atoms with Crippen molar-refractivity contribution in [3.8, 4) is 5.75 Å². The first kappa shape index (κ1) is 14.0. The molecule has 1 aromatic carbocycles. The number of rotatable bonds is 6. The van der Waals surface area contributed by atoms with Crippen molar-refractivity contribution in [3.05, 3.63) is 28.3 Å². The number of ketones is 1. The smallest absolute Gasteiger partial charge is 0.129 e. The van der Waals surface area contributed by atoms with E-state index in [0.29, 0.717) is 13.0 Å². The Morgan fingerprint density at radius 1 is 1.24 bits per heavy atom. The first-order valence-corrected chi connectivity index (χ1v) is 6.27. The predicted molar refractivity (Wildman–Crippen MR) is 71.0 cm³/mol. The van der Waals surface area contributed by atoms with Gasteiger partial charge >= 0.3 is 0 Å². The molecule has 0 N–H and O–H groups in total. The summed E-state index contributed by atoms with van der Waals surface area (Å²) in [6.45, 7) is 6.20. The Morgan fingerprint density at radius 3 is 2.35 bits per heavy atom. The van der Waals surface area contributed by atoms with E-state index in [4.69, 9.17) is 16.3 Å². The highest BCUT2D eigenvalue weighted by Gasteiger charge is 2.03. The van der Waals surface area contributed by atoms with E-state index in [9.17, 15) is 4.79 Å². The van der Waals surface area contributed by atoms with Gasteiger partial charge in [0.2, 0.25) is 0 Å². The second-order valence-corrected chi connectivity index (χ2v) is 4.76. The summed E-state index contributed by atoms with van der Waals surface area (Å²) < 4.78 is 5.63. The first-order chi connectivity index (χ1) is 8.00. The third-order valence-corrected chi connectivity index (χ3v) is 3.20. The number of unbranched alkanes of at least 4 members (excludes halogenated alkanes) is 1. The molecule has 3 heteroatoms. The number of carbonyl (C=O) groups excluding carboxylic acids is 1. The van der Waals surface area contributed by atoms with Crippen LogP contribution in [0.1, 0.15) is 37.3 Å². The number of aryl methyl sites for hydroxylation is 2. The quantitative estimate of drug-likeness (QED) is 0.715. The maximum atomic E-state index is 10.7. The van der Waals surface area contributed by atoms with E-state index in [1.807, 2.05) is 26.0 Å². The van der Waals surface area contributed by atoms with Crippen LogP contribution in [-0.2, 0) is 4.79 Å². The summed E-state index contributed by atoms with van der Waals surface area (Å²) in [5.74, 6) is 1.09. The van der Waals surface area contributed by atoms with Crippen molar-refractivity contribution in [1.29, 1.82) is 0 Å². The van der Waals surface area contributed by atoms with Crippen molar-refractivity contribution in [3.63, 3.8) is 0 Å². The van der Waals surface area contributed by atoms with Crippen LogP contribution in [0.5, 0.6) is 5.75 Å². The van der Waals surface area contributed by atoms with Crippen LogP contribution in [0.15, 0.2) is 12.1 Å². The fourth-order valence-corrected chi connectivity index (χ4v) is 1.76. The molecule has 0 bridgehead atoms. The second-order valence-electron chi connectivity index (χ2n) is 4.38. The van der Waals surface area contributed by atoms with Crippen LogP contribution in [0, 0.1) is 13.8 Å². The van der Waals surface area contributed by atoms with Crippen LogP contribution in [0.3, 0.4) is 0 Å². The summed E-state index contributed by atoms with van der Waals surface area (Å²) in [6.07, 6.45) is 2.43. The lowest BCUT2D eigenvalue weighted by Gasteiger charge is -2.09. The van der Waals surface area contributed by atoms with Gasteiger partial charge in [-0.3, -0.25) is 0 Å². The lowest BCUT2D eigenvalue weighted by Crippen LogP contribution is -1.99. The summed E-state index contributed by atoms with van der Waals surface area (Å²) in [5.41, 5.74) is 2.07. The van der Waals surface area contributed by atoms with Crippen molar-refractivity contribution in [2.75, 3.05) is 6.61 Å². The number of hydrogen-bond donors (Lipinski definition) is 0. The van der Waals surface area contributed by atoms with Gasteiger partial charge in [0, 0.05) is 11.4 Å². The van der Waals surface area contributed by atoms with E-state index < -0.39 is 0 Å². The number of carbonyl (C=O) groups is 1. The van der Waals surface area contributed by atoms with E-state index in [2.05, 4.69) is 0 Å². The van der Waals surface area contributed by atoms with Gasteiger partial charge in [0.25, 0.3) is 0 Å². The lowest BCUT2D eigenvalue weighted by atomic mass is 10.1. The van der Waals surface area contributed by atoms with Gasteiger partial charge in [0.15, 0.2) is 0 Å². The molecule has 0 aromatic heterocycles. The fraction of sp³-hybridized carbons (Fsp3) is 0.500. The monoisotopic (exact) mass is 254 g/mol. The lowest BCUT2D eigenvalue weighted by molar-refractivity contribution is -0.117. The van der Waals surface area contributed by atoms with Gasteiger partial charge in [-0.2, -0.15) is 0 Å². The molecule has 17 heavy (non-hydrogen) atoms. The molecule has 0 saturated heterocycles. The van der Waals surface area contributed by atoms with Gasteiger partial charge in [-0.1, -0.05) is 11.6 Å². The molecule has 0 unspecified atom stereocenters. The van der Waals surface area contributed by atoms with Crippen LogP contribution in [-0.4, -0.2) is 12.4 Å². The molecule has 1 rings (SSSR count). The average Bonchev–Trinajstić information content (AvgIpc) is 2.25. The first-order valence-electron chi connectivity index (χ1n) is 5.89. The Balaban J connectivity index is 2.39. The molecule has 0 atom stereocenters. The minimum atomic E-state index is 0.239. The zero-order valence-corrected chi connectivity index (χ0v) is 11.4. The number of hydrogen-bond acceptors (Lipinski definition) is 2. The molecular weight excluding hydrogens is 236 g/mol. The van der Waals surface area contributed by atoms with Crippen LogP contribution < -0.4 is 4.74 Å². The molecule has 0 aliphatic heterocycles. The van der Waals surface area contributed by atoms with Crippen LogP contribution >= 0.6 is 11.6 Å². The number of halogens is 1. The highest BCUT2D eigenvalue weighted by molar-refractivity contribution is 6.32. The second kappa shape index (κ2) is 6.65. The number of Topliss-reactive ketones (excluding diaryl/α,β-unsaturated/α-hetero) is 1. The molecule has 2 nitrogen and oxygen atoms in total. The maximum Gasteiger partial charge on any atom is 0.129 e. The standard InChI is InChI=1S/C14H19ClO2/c1-10-8-13(9-11(2)14(10)15)17-7-5-4-6-12(3)16/h8-9H,4-7H2,1-3H3. The maximum absolute atomic E-state index is 10.7. The van der Waals surface area contributed by atoms with Crippen molar-refractivity contribution in [2.24, 2.45) is 0 Å².